The molecule has 1 heterocycles. The Bertz CT molecular complexity index is 1020. The van der Waals surface area contributed by atoms with E-state index >= 15 is 0 Å². The van der Waals surface area contributed by atoms with Gasteiger partial charge in [-0.15, -0.1) is 11.3 Å². The number of carbonyl (C=O) groups is 3. The van der Waals surface area contributed by atoms with Crippen LogP contribution in [0.25, 0.3) is 0 Å². The summed E-state index contributed by atoms with van der Waals surface area (Å²) >= 11 is 1.28. The van der Waals surface area contributed by atoms with Gasteiger partial charge in [0.2, 0.25) is 0 Å². The molecule has 0 unspecified atom stereocenters. The van der Waals surface area contributed by atoms with Gasteiger partial charge in [-0.1, -0.05) is 48.5 Å². The van der Waals surface area contributed by atoms with Crippen molar-refractivity contribution in [3.63, 3.8) is 0 Å². The average molecular weight is 453 g/mol. The molecule has 1 aromatic heterocycles. The van der Waals surface area contributed by atoms with Crippen LogP contribution in [0.15, 0.2) is 72.1 Å². The normalized spacial score (nSPS) is 11.3. The molecule has 0 aliphatic rings. The fraction of sp³-hybridized carbons (Fsp3) is 0.208. The molecule has 8 heteroatoms. The Hall–Kier alpha value is -3.65. The molecule has 0 saturated heterocycles. The van der Waals surface area contributed by atoms with Gasteiger partial charge in [0.05, 0.1) is 12.0 Å². The Kier molecular flexibility index (Phi) is 8.39. The first kappa shape index (κ1) is 23.0. The lowest BCUT2D eigenvalue weighted by molar-refractivity contribution is -0.150. The molecule has 3 rings (SSSR count). The van der Waals surface area contributed by atoms with E-state index in [1.165, 1.54) is 11.3 Å². The molecule has 166 valence electrons. The van der Waals surface area contributed by atoms with Gasteiger partial charge in [-0.05, 0) is 34.7 Å². The Balaban J connectivity index is 1.54. The third kappa shape index (κ3) is 6.95. The van der Waals surface area contributed by atoms with Crippen molar-refractivity contribution in [2.75, 3.05) is 13.7 Å². The van der Waals surface area contributed by atoms with E-state index < -0.39 is 24.5 Å². The van der Waals surface area contributed by atoms with Crippen LogP contribution in [0.5, 0.6) is 5.75 Å². The van der Waals surface area contributed by atoms with Crippen LogP contribution in [-0.4, -0.2) is 37.5 Å². The molecule has 2 aromatic carbocycles. The summed E-state index contributed by atoms with van der Waals surface area (Å²) in [5, 5.41) is 7.20. The molecule has 2 N–H and O–H groups in total. The number of nitrogens with one attached hydrogen (secondary N) is 2. The van der Waals surface area contributed by atoms with E-state index in [0.717, 1.165) is 16.9 Å². The van der Waals surface area contributed by atoms with Crippen LogP contribution in [0.2, 0.25) is 0 Å². The fourth-order valence-corrected chi connectivity index (χ4v) is 3.54. The van der Waals surface area contributed by atoms with Gasteiger partial charge in [0.1, 0.15) is 11.8 Å². The van der Waals surface area contributed by atoms with Crippen molar-refractivity contribution in [3.05, 3.63) is 88.1 Å². The van der Waals surface area contributed by atoms with Gasteiger partial charge in [-0.2, -0.15) is 0 Å². The summed E-state index contributed by atoms with van der Waals surface area (Å²) in [5.74, 6) is -0.736. The highest BCUT2D eigenvalue weighted by Gasteiger charge is 2.24. The third-order valence-electron chi connectivity index (χ3n) is 4.61. The second-order valence-corrected chi connectivity index (χ2v) is 7.87. The molecule has 0 aliphatic carbocycles. The SMILES string of the molecule is COc1ccc(CNC(=O)COC(=O)[C@@H](Cc2ccccc2)NC(=O)c2cccs2)cc1. The van der Waals surface area contributed by atoms with Gasteiger partial charge in [0, 0.05) is 13.0 Å². The number of thiophene rings is 1. The van der Waals surface area contributed by atoms with Crippen LogP contribution < -0.4 is 15.4 Å². The monoisotopic (exact) mass is 452 g/mol. The van der Waals surface area contributed by atoms with Crippen LogP contribution in [0.4, 0.5) is 0 Å². The number of rotatable bonds is 10. The second-order valence-electron chi connectivity index (χ2n) is 6.93. The zero-order chi connectivity index (χ0) is 22.8. The Morgan fingerprint density at radius 1 is 0.938 bits per heavy atom. The van der Waals surface area contributed by atoms with Gasteiger partial charge < -0.3 is 20.1 Å². The Morgan fingerprint density at radius 3 is 2.34 bits per heavy atom. The average Bonchev–Trinajstić information content (AvgIpc) is 3.37. The van der Waals surface area contributed by atoms with Crippen LogP contribution in [0.1, 0.15) is 20.8 Å². The van der Waals surface area contributed by atoms with E-state index in [0.29, 0.717) is 11.4 Å². The highest BCUT2D eigenvalue weighted by molar-refractivity contribution is 7.12. The lowest BCUT2D eigenvalue weighted by Gasteiger charge is -2.17. The molecule has 0 fully saturated rings. The molecule has 1 atom stereocenters. The number of esters is 1. The predicted molar refractivity (Wildman–Crippen MR) is 122 cm³/mol. The summed E-state index contributed by atoms with van der Waals surface area (Å²) in [6, 6.07) is 19.1. The van der Waals surface area contributed by atoms with E-state index in [1.54, 1.807) is 36.8 Å². The highest BCUT2D eigenvalue weighted by atomic mass is 32.1. The van der Waals surface area contributed by atoms with Crippen molar-refractivity contribution in [1.82, 2.24) is 10.6 Å². The molecule has 2 amide bonds. The first-order chi connectivity index (χ1) is 15.5. The maximum atomic E-state index is 12.7. The van der Waals surface area contributed by atoms with Crippen molar-refractivity contribution >= 4 is 29.1 Å². The second kappa shape index (κ2) is 11.7. The molecule has 0 radical (unpaired) electrons. The van der Waals surface area contributed by atoms with Gasteiger partial charge in [0.15, 0.2) is 6.61 Å². The summed E-state index contributed by atoms with van der Waals surface area (Å²) in [5.41, 5.74) is 1.75. The van der Waals surface area contributed by atoms with E-state index in [-0.39, 0.29) is 12.3 Å². The number of benzene rings is 2. The van der Waals surface area contributed by atoms with Crippen LogP contribution in [0, 0.1) is 0 Å². The van der Waals surface area contributed by atoms with Crippen molar-refractivity contribution in [3.8, 4) is 5.75 Å². The molecule has 32 heavy (non-hydrogen) atoms. The number of methoxy groups -OCH3 is 1. The number of hydrogen-bond acceptors (Lipinski definition) is 6. The van der Waals surface area contributed by atoms with Gasteiger partial charge in [-0.25, -0.2) is 4.79 Å². The number of hydrogen-bond donors (Lipinski definition) is 2. The molecular formula is C24H24N2O5S. The first-order valence-corrected chi connectivity index (χ1v) is 10.9. The molecule has 0 saturated carbocycles. The van der Waals surface area contributed by atoms with E-state index in [2.05, 4.69) is 10.6 Å². The molecule has 0 spiro atoms. The highest BCUT2D eigenvalue weighted by Crippen LogP contribution is 2.12. The van der Waals surface area contributed by atoms with Gasteiger partial charge in [0.25, 0.3) is 11.8 Å². The maximum absolute atomic E-state index is 12.7. The minimum Gasteiger partial charge on any atom is -0.497 e. The van der Waals surface area contributed by atoms with Crippen molar-refractivity contribution < 1.29 is 23.9 Å². The molecule has 3 aromatic rings. The van der Waals surface area contributed by atoms with Crippen LogP contribution in [-0.2, 0) is 27.3 Å². The Labute approximate surface area is 190 Å². The lowest BCUT2D eigenvalue weighted by Crippen LogP contribution is -2.44. The number of carbonyl (C=O) groups excluding carboxylic acids is 3. The summed E-state index contributed by atoms with van der Waals surface area (Å²) in [6.45, 7) is -0.141. The standard InChI is InChI=1S/C24H24N2O5S/c1-30-19-11-9-18(10-12-19)15-25-22(27)16-31-24(29)20(14-17-6-3-2-4-7-17)26-23(28)21-8-5-13-32-21/h2-13,20H,14-16H2,1H3,(H,25,27)(H,26,28)/t20-/m1/s1. The summed E-state index contributed by atoms with van der Waals surface area (Å²) in [4.78, 5) is 37.8. The zero-order valence-corrected chi connectivity index (χ0v) is 18.4. The Morgan fingerprint density at radius 2 is 1.69 bits per heavy atom. The van der Waals surface area contributed by atoms with Crippen LogP contribution >= 0.6 is 11.3 Å². The molecule has 7 nitrogen and oxygen atoms in total. The summed E-state index contributed by atoms with van der Waals surface area (Å²) < 4.78 is 10.3. The van der Waals surface area contributed by atoms with Crippen molar-refractivity contribution in [1.29, 1.82) is 0 Å². The van der Waals surface area contributed by atoms with Crippen molar-refractivity contribution in [2.24, 2.45) is 0 Å². The number of ether oxygens (including phenoxy) is 2. The fourth-order valence-electron chi connectivity index (χ4n) is 2.91. The largest absolute Gasteiger partial charge is 0.497 e. The molecule has 0 bridgehead atoms. The molecular weight excluding hydrogens is 428 g/mol. The third-order valence-corrected chi connectivity index (χ3v) is 5.48. The smallest absolute Gasteiger partial charge is 0.329 e. The van der Waals surface area contributed by atoms with E-state index in [9.17, 15) is 14.4 Å². The zero-order valence-electron chi connectivity index (χ0n) is 17.6. The topological polar surface area (TPSA) is 93.7 Å². The van der Waals surface area contributed by atoms with Gasteiger partial charge in [-0.3, -0.25) is 9.59 Å². The minimum absolute atomic E-state index is 0.254. The van der Waals surface area contributed by atoms with Crippen molar-refractivity contribution in [2.45, 2.75) is 19.0 Å². The predicted octanol–water partition coefficient (Wildman–Crippen LogP) is 2.96. The van der Waals surface area contributed by atoms with E-state index in [4.69, 9.17) is 9.47 Å². The summed E-state index contributed by atoms with van der Waals surface area (Å²) in [6.07, 6.45) is 0.254. The minimum atomic E-state index is -0.915. The van der Waals surface area contributed by atoms with E-state index in [1.807, 2.05) is 42.5 Å². The first-order valence-electron chi connectivity index (χ1n) is 9.99. The maximum Gasteiger partial charge on any atom is 0.329 e. The quantitative estimate of drug-likeness (QED) is 0.462. The lowest BCUT2D eigenvalue weighted by atomic mass is 10.1. The van der Waals surface area contributed by atoms with Crippen LogP contribution in [0.3, 0.4) is 0 Å². The number of amides is 2. The van der Waals surface area contributed by atoms with Gasteiger partial charge >= 0.3 is 5.97 Å². The molecule has 0 aliphatic heterocycles. The summed E-state index contributed by atoms with van der Waals surface area (Å²) in [7, 11) is 1.58.